The van der Waals surface area contributed by atoms with Crippen LogP contribution in [0.3, 0.4) is 0 Å². The van der Waals surface area contributed by atoms with Gasteiger partial charge in [0.15, 0.2) is 15.6 Å². The lowest BCUT2D eigenvalue weighted by Gasteiger charge is -2.28. The summed E-state index contributed by atoms with van der Waals surface area (Å²) < 4.78 is 32.0. The molecule has 0 bridgehead atoms. The highest BCUT2D eigenvalue weighted by Crippen LogP contribution is 2.41. The van der Waals surface area contributed by atoms with Crippen LogP contribution < -0.4 is 5.32 Å². The van der Waals surface area contributed by atoms with E-state index in [0.29, 0.717) is 22.7 Å². The van der Waals surface area contributed by atoms with Crippen molar-refractivity contribution in [2.24, 2.45) is 0 Å². The highest BCUT2D eigenvalue weighted by Gasteiger charge is 2.52. The number of carbonyl (C=O) groups excluding carboxylic acids is 1. The van der Waals surface area contributed by atoms with Gasteiger partial charge in [-0.2, -0.15) is 0 Å². The predicted octanol–water partition coefficient (Wildman–Crippen LogP) is 9.72. The van der Waals surface area contributed by atoms with Crippen LogP contribution in [0.4, 0.5) is 0 Å². The number of benzene rings is 2. The van der Waals surface area contributed by atoms with E-state index in [1.54, 1.807) is 6.07 Å². The van der Waals surface area contributed by atoms with Crippen LogP contribution in [0.15, 0.2) is 59.1 Å². The first-order valence-corrected chi connectivity index (χ1v) is 19.8. The number of nitrogens with one attached hydrogen (secondary N) is 1. The van der Waals surface area contributed by atoms with Crippen molar-refractivity contribution >= 4 is 37.3 Å². The first kappa shape index (κ1) is 35.8. The Balaban J connectivity index is 1.51. The lowest BCUT2D eigenvalue weighted by atomic mass is 9.98. The SMILES string of the molecule is CCCCCCCCCCCCCCC(C(=O)NCc1cc(C(C)C)no1)(c1nc2ccc(-c3ccccc3)cc2s1)S(C)(=O)=O. The first-order valence-electron chi connectivity index (χ1n) is 17.1. The van der Waals surface area contributed by atoms with Gasteiger partial charge in [-0.15, -0.1) is 11.3 Å². The van der Waals surface area contributed by atoms with Crippen LogP contribution in [0.25, 0.3) is 21.3 Å². The molecule has 0 aliphatic carbocycles. The van der Waals surface area contributed by atoms with E-state index < -0.39 is 20.5 Å². The smallest absolute Gasteiger partial charge is 0.248 e. The van der Waals surface area contributed by atoms with Crippen molar-refractivity contribution in [2.45, 2.75) is 121 Å². The Morgan fingerprint density at radius 3 is 2.09 bits per heavy atom. The molecule has 1 amide bonds. The molecule has 1 atom stereocenters. The molecule has 0 aliphatic heterocycles. The maximum absolute atomic E-state index is 14.1. The van der Waals surface area contributed by atoms with Gasteiger partial charge in [-0.1, -0.05) is 139 Å². The normalized spacial score (nSPS) is 13.3. The topological polar surface area (TPSA) is 102 Å². The van der Waals surface area contributed by atoms with Crippen LogP contribution in [0.5, 0.6) is 0 Å². The van der Waals surface area contributed by atoms with Crippen molar-refractivity contribution in [3.63, 3.8) is 0 Å². The van der Waals surface area contributed by atoms with Gasteiger partial charge in [0.1, 0.15) is 5.01 Å². The van der Waals surface area contributed by atoms with Crippen molar-refractivity contribution in [3.05, 3.63) is 71.1 Å². The summed E-state index contributed by atoms with van der Waals surface area (Å²) in [5.74, 6) is 0.0992. The minimum Gasteiger partial charge on any atom is -0.359 e. The van der Waals surface area contributed by atoms with Gasteiger partial charge in [-0.3, -0.25) is 4.79 Å². The number of amides is 1. The van der Waals surface area contributed by atoms with Gasteiger partial charge in [-0.05, 0) is 35.6 Å². The van der Waals surface area contributed by atoms with Crippen LogP contribution in [0, 0.1) is 0 Å². The van der Waals surface area contributed by atoms with Gasteiger partial charge in [0.05, 0.1) is 22.5 Å². The molecule has 2 heterocycles. The highest BCUT2D eigenvalue weighted by atomic mass is 32.2. The fraction of sp³-hybridized carbons (Fsp3) is 0.541. The van der Waals surface area contributed by atoms with E-state index in [9.17, 15) is 13.2 Å². The number of thiazole rings is 1. The summed E-state index contributed by atoms with van der Waals surface area (Å²) in [5, 5.41) is 7.29. The minimum atomic E-state index is -3.93. The molecule has 2 aromatic carbocycles. The average molecular weight is 666 g/mol. The molecule has 0 spiro atoms. The summed E-state index contributed by atoms with van der Waals surface area (Å²) in [4.78, 5) is 18.9. The zero-order valence-corrected chi connectivity index (χ0v) is 29.6. The van der Waals surface area contributed by atoms with Crippen LogP contribution in [-0.4, -0.2) is 30.7 Å². The van der Waals surface area contributed by atoms with Crippen LogP contribution in [-0.2, 0) is 25.9 Å². The van der Waals surface area contributed by atoms with Crippen LogP contribution in [0.2, 0.25) is 0 Å². The van der Waals surface area contributed by atoms with E-state index in [2.05, 4.69) is 17.4 Å². The fourth-order valence-corrected chi connectivity index (χ4v) is 8.93. The molecule has 4 rings (SSSR count). The zero-order valence-electron chi connectivity index (χ0n) is 28.0. The monoisotopic (exact) mass is 665 g/mol. The summed E-state index contributed by atoms with van der Waals surface area (Å²) in [5.41, 5.74) is 3.56. The van der Waals surface area contributed by atoms with E-state index in [1.807, 2.05) is 62.4 Å². The molecule has 1 unspecified atom stereocenters. The Hall–Kier alpha value is -3.04. The van der Waals surface area contributed by atoms with Gasteiger partial charge >= 0.3 is 0 Å². The first-order chi connectivity index (χ1) is 22.2. The van der Waals surface area contributed by atoms with Gasteiger partial charge in [-0.25, -0.2) is 13.4 Å². The maximum Gasteiger partial charge on any atom is 0.248 e. The quantitative estimate of drug-likeness (QED) is 0.0943. The Bertz CT molecular complexity index is 1630. The maximum atomic E-state index is 14.1. The molecule has 0 radical (unpaired) electrons. The van der Waals surface area contributed by atoms with Gasteiger partial charge in [0.2, 0.25) is 10.7 Å². The number of hydrogen-bond acceptors (Lipinski definition) is 7. The number of nitrogens with zero attached hydrogens (tertiary/aromatic N) is 2. The van der Waals surface area contributed by atoms with Gasteiger partial charge in [0, 0.05) is 12.3 Å². The number of sulfone groups is 1. The van der Waals surface area contributed by atoms with E-state index in [0.717, 1.165) is 40.8 Å². The molecule has 0 aliphatic rings. The molecule has 250 valence electrons. The largest absolute Gasteiger partial charge is 0.359 e. The Morgan fingerprint density at radius 1 is 0.870 bits per heavy atom. The van der Waals surface area contributed by atoms with Crippen molar-refractivity contribution in [1.29, 1.82) is 0 Å². The van der Waals surface area contributed by atoms with Crippen molar-refractivity contribution in [3.8, 4) is 11.1 Å². The number of unbranched alkanes of at least 4 members (excludes halogenated alkanes) is 11. The Morgan fingerprint density at radius 2 is 1.50 bits per heavy atom. The molecule has 0 saturated heterocycles. The third-order valence-electron chi connectivity index (χ3n) is 8.82. The third-order valence-corrected chi connectivity index (χ3v) is 12.0. The average Bonchev–Trinajstić information content (AvgIpc) is 3.69. The van der Waals surface area contributed by atoms with E-state index in [1.165, 1.54) is 69.0 Å². The van der Waals surface area contributed by atoms with E-state index in [4.69, 9.17) is 9.51 Å². The number of fused-ring (bicyclic) bond motifs is 1. The Kier molecular flexibility index (Phi) is 13.4. The Labute approximate surface area is 279 Å². The molecular formula is C37H51N3O4S2. The second-order valence-electron chi connectivity index (χ2n) is 12.9. The zero-order chi connectivity index (χ0) is 33.0. The highest BCUT2D eigenvalue weighted by molar-refractivity contribution is 7.92. The molecule has 46 heavy (non-hydrogen) atoms. The molecular weight excluding hydrogens is 615 g/mol. The molecule has 7 nitrogen and oxygen atoms in total. The standard InChI is InChI=1S/C37H51N3O4S2/c1-5-6-7-8-9-10-11-12-13-14-15-19-24-37(46(4,42)43,35(41)38-27-31-26-33(28(2)3)40-44-31)36-39-32-23-22-30(25-34(32)45-36)29-20-17-16-18-21-29/h16-18,20-23,25-26,28H,5-15,19,24,27H2,1-4H3,(H,38,41). The molecule has 9 heteroatoms. The molecule has 4 aromatic rings. The molecule has 1 N–H and O–H groups in total. The van der Waals surface area contributed by atoms with Crippen molar-refractivity contribution < 1.29 is 17.7 Å². The number of hydrogen-bond donors (Lipinski definition) is 1. The molecule has 0 saturated carbocycles. The second-order valence-corrected chi connectivity index (χ2v) is 16.1. The summed E-state index contributed by atoms with van der Waals surface area (Å²) in [6, 6.07) is 17.8. The lowest BCUT2D eigenvalue weighted by molar-refractivity contribution is -0.124. The summed E-state index contributed by atoms with van der Waals surface area (Å²) >= 11 is 1.30. The molecule has 2 aromatic heterocycles. The summed E-state index contributed by atoms with van der Waals surface area (Å²) in [7, 11) is -3.93. The molecule has 0 fully saturated rings. The van der Waals surface area contributed by atoms with E-state index in [-0.39, 0.29) is 18.9 Å². The van der Waals surface area contributed by atoms with Crippen molar-refractivity contribution in [1.82, 2.24) is 15.5 Å². The van der Waals surface area contributed by atoms with Gasteiger partial charge in [0.25, 0.3) is 0 Å². The fourth-order valence-electron chi connectivity index (χ4n) is 5.95. The number of aromatic nitrogens is 2. The van der Waals surface area contributed by atoms with E-state index >= 15 is 0 Å². The second kappa shape index (κ2) is 17.2. The van der Waals surface area contributed by atoms with Crippen LogP contribution >= 0.6 is 11.3 Å². The summed E-state index contributed by atoms with van der Waals surface area (Å²) in [6.07, 6.45) is 15.3. The van der Waals surface area contributed by atoms with Crippen LogP contribution in [0.1, 0.15) is 127 Å². The number of carbonyl (C=O) groups is 1. The minimum absolute atomic E-state index is 0.0529. The van der Waals surface area contributed by atoms with Gasteiger partial charge < -0.3 is 9.84 Å². The third kappa shape index (κ3) is 9.28. The number of rotatable bonds is 20. The predicted molar refractivity (Wildman–Crippen MR) is 190 cm³/mol. The lowest BCUT2D eigenvalue weighted by Crippen LogP contribution is -2.49. The summed E-state index contributed by atoms with van der Waals surface area (Å²) in [6.45, 7) is 6.32. The van der Waals surface area contributed by atoms with Crippen molar-refractivity contribution in [2.75, 3.05) is 6.26 Å².